The zero-order valence-electron chi connectivity index (χ0n) is 8.38. The average Bonchev–Trinajstić information content (AvgIpc) is 2.01. The standard InChI is InChI=1S/C10H14O2S/c1-7-5-8(2)10(13(4)11)9(6-7)12-3/h5-6H,1-4H3. The first kappa shape index (κ1) is 10.3. The van der Waals surface area contributed by atoms with Crippen LogP contribution in [-0.2, 0) is 10.8 Å². The predicted octanol–water partition coefficient (Wildman–Crippen LogP) is 2.05. The quantitative estimate of drug-likeness (QED) is 0.727. The van der Waals surface area contributed by atoms with Crippen molar-refractivity contribution >= 4 is 10.8 Å². The molecule has 0 fully saturated rings. The van der Waals surface area contributed by atoms with E-state index < -0.39 is 10.8 Å². The highest BCUT2D eigenvalue weighted by Gasteiger charge is 2.10. The van der Waals surface area contributed by atoms with Crippen molar-refractivity contribution in [2.75, 3.05) is 13.4 Å². The monoisotopic (exact) mass is 198 g/mol. The van der Waals surface area contributed by atoms with Gasteiger partial charge in [-0.2, -0.15) is 0 Å². The summed E-state index contributed by atoms with van der Waals surface area (Å²) < 4.78 is 16.6. The summed E-state index contributed by atoms with van der Waals surface area (Å²) in [4.78, 5) is 0.799. The average molecular weight is 198 g/mol. The van der Waals surface area contributed by atoms with Crippen molar-refractivity contribution < 1.29 is 8.95 Å². The van der Waals surface area contributed by atoms with Gasteiger partial charge in [0.05, 0.1) is 22.8 Å². The Balaban J connectivity index is 3.38. The maximum Gasteiger partial charge on any atom is 0.135 e. The first-order valence-electron chi connectivity index (χ1n) is 4.05. The molecule has 0 amide bonds. The lowest BCUT2D eigenvalue weighted by molar-refractivity contribution is 0.403. The lowest BCUT2D eigenvalue weighted by Crippen LogP contribution is -1.97. The molecule has 2 nitrogen and oxygen atoms in total. The molecule has 0 aliphatic heterocycles. The lowest BCUT2D eigenvalue weighted by atomic mass is 10.1. The summed E-state index contributed by atoms with van der Waals surface area (Å²) in [5.41, 5.74) is 2.15. The molecule has 3 heteroatoms. The van der Waals surface area contributed by atoms with Crippen LogP contribution in [-0.4, -0.2) is 17.6 Å². The van der Waals surface area contributed by atoms with Gasteiger partial charge >= 0.3 is 0 Å². The van der Waals surface area contributed by atoms with Gasteiger partial charge in [0.15, 0.2) is 0 Å². The van der Waals surface area contributed by atoms with Gasteiger partial charge in [-0.1, -0.05) is 6.07 Å². The minimum absolute atomic E-state index is 0.721. The highest BCUT2D eigenvalue weighted by atomic mass is 32.2. The minimum atomic E-state index is -0.985. The van der Waals surface area contributed by atoms with Crippen LogP contribution in [0.3, 0.4) is 0 Å². The van der Waals surface area contributed by atoms with Gasteiger partial charge in [-0.3, -0.25) is 4.21 Å². The fraction of sp³-hybridized carbons (Fsp3) is 0.400. The summed E-state index contributed by atoms with van der Waals surface area (Å²) in [6.07, 6.45) is 1.67. The summed E-state index contributed by atoms with van der Waals surface area (Å²) in [5.74, 6) is 0.721. The van der Waals surface area contributed by atoms with Gasteiger partial charge in [0.25, 0.3) is 0 Å². The molecule has 72 valence electrons. The van der Waals surface area contributed by atoms with E-state index in [0.29, 0.717) is 0 Å². The number of methoxy groups -OCH3 is 1. The first-order valence-corrected chi connectivity index (χ1v) is 5.60. The van der Waals surface area contributed by atoms with E-state index in [-0.39, 0.29) is 0 Å². The van der Waals surface area contributed by atoms with E-state index >= 15 is 0 Å². The highest BCUT2D eigenvalue weighted by molar-refractivity contribution is 7.84. The van der Waals surface area contributed by atoms with Gasteiger partial charge in [0.1, 0.15) is 5.75 Å². The van der Waals surface area contributed by atoms with Gasteiger partial charge in [0, 0.05) is 6.26 Å². The lowest BCUT2D eigenvalue weighted by Gasteiger charge is -2.10. The summed E-state index contributed by atoms with van der Waals surface area (Å²) in [5, 5.41) is 0. The maximum atomic E-state index is 11.4. The molecule has 1 unspecified atom stereocenters. The van der Waals surface area contributed by atoms with Crippen molar-refractivity contribution in [2.45, 2.75) is 18.7 Å². The molecular formula is C10H14O2S. The van der Waals surface area contributed by atoms with Crippen LogP contribution < -0.4 is 4.74 Å². The van der Waals surface area contributed by atoms with Crippen LogP contribution in [0, 0.1) is 13.8 Å². The van der Waals surface area contributed by atoms with E-state index in [2.05, 4.69) is 0 Å². The molecule has 1 aromatic carbocycles. The number of hydrogen-bond acceptors (Lipinski definition) is 2. The van der Waals surface area contributed by atoms with E-state index in [9.17, 15) is 4.21 Å². The van der Waals surface area contributed by atoms with Gasteiger partial charge in [-0.15, -0.1) is 0 Å². The van der Waals surface area contributed by atoms with Crippen LogP contribution >= 0.6 is 0 Å². The Kier molecular flexibility index (Phi) is 3.09. The fourth-order valence-electron chi connectivity index (χ4n) is 1.44. The van der Waals surface area contributed by atoms with Crippen LogP contribution in [0.15, 0.2) is 17.0 Å². The normalized spacial score (nSPS) is 12.6. The Labute approximate surface area is 81.4 Å². The number of hydrogen-bond donors (Lipinski definition) is 0. The highest BCUT2D eigenvalue weighted by Crippen LogP contribution is 2.26. The van der Waals surface area contributed by atoms with Gasteiger partial charge in [-0.05, 0) is 31.0 Å². The van der Waals surface area contributed by atoms with Crippen molar-refractivity contribution in [2.24, 2.45) is 0 Å². The molecule has 0 spiro atoms. The number of rotatable bonds is 2. The second-order valence-electron chi connectivity index (χ2n) is 3.07. The van der Waals surface area contributed by atoms with E-state index in [1.165, 1.54) is 0 Å². The van der Waals surface area contributed by atoms with Gasteiger partial charge in [0.2, 0.25) is 0 Å². The molecule has 0 aliphatic rings. The van der Waals surface area contributed by atoms with Crippen LogP contribution in [0.5, 0.6) is 5.75 Å². The number of ether oxygens (including phenoxy) is 1. The summed E-state index contributed by atoms with van der Waals surface area (Å²) in [6, 6.07) is 3.92. The Bertz CT molecular complexity index is 345. The van der Waals surface area contributed by atoms with Crippen molar-refractivity contribution in [3.8, 4) is 5.75 Å². The Morgan fingerprint density at radius 3 is 2.38 bits per heavy atom. The third kappa shape index (κ3) is 2.10. The molecule has 0 saturated carbocycles. The van der Waals surface area contributed by atoms with Crippen molar-refractivity contribution in [3.05, 3.63) is 23.3 Å². The molecule has 1 atom stereocenters. The van der Waals surface area contributed by atoms with Gasteiger partial charge in [-0.25, -0.2) is 0 Å². The molecule has 1 rings (SSSR count). The van der Waals surface area contributed by atoms with Crippen molar-refractivity contribution in [1.82, 2.24) is 0 Å². The molecular weight excluding hydrogens is 184 g/mol. The number of aryl methyl sites for hydroxylation is 2. The Morgan fingerprint density at radius 1 is 1.31 bits per heavy atom. The molecule has 0 aliphatic carbocycles. The van der Waals surface area contributed by atoms with Crippen LogP contribution in [0.1, 0.15) is 11.1 Å². The predicted molar refractivity (Wildman–Crippen MR) is 54.8 cm³/mol. The second kappa shape index (κ2) is 3.92. The number of benzene rings is 1. The van der Waals surface area contributed by atoms with Gasteiger partial charge < -0.3 is 4.74 Å². The van der Waals surface area contributed by atoms with E-state index in [0.717, 1.165) is 21.8 Å². The molecule has 13 heavy (non-hydrogen) atoms. The zero-order valence-corrected chi connectivity index (χ0v) is 9.20. The summed E-state index contributed by atoms with van der Waals surface area (Å²) >= 11 is 0. The molecule has 0 aromatic heterocycles. The fourth-order valence-corrected chi connectivity index (χ4v) is 2.37. The molecule has 0 saturated heterocycles. The Hall–Kier alpha value is -0.830. The minimum Gasteiger partial charge on any atom is -0.495 e. The van der Waals surface area contributed by atoms with Crippen LogP contribution in [0.4, 0.5) is 0 Å². The zero-order chi connectivity index (χ0) is 10.0. The third-order valence-electron chi connectivity index (χ3n) is 1.89. The third-order valence-corrected chi connectivity index (χ3v) is 2.99. The second-order valence-corrected chi connectivity index (χ2v) is 4.38. The topological polar surface area (TPSA) is 26.3 Å². The van der Waals surface area contributed by atoms with Crippen molar-refractivity contribution in [3.63, 3.8) is 0 Å². The van der Waals surface area contributed by atoms with Crippen LogP contribution in [0.2, 0.25) is 0 Å². The van der Waals surface area contributed by atoms with Crippen molar-refractivity contribution in [1.29, 1.82) is 0 Å². The van der Waals surface area contributed by atoms with E-state index in [4.69, 9.17) is 4.74 Å². The molecule has 0 radical (unpaired) electrons. The molecule has 0 bridgehead atoms. The largest absolute Gasteiger partial charge is 0.495 e. The maximum absolute atomic E-state index is 11.4. The Morgan fingerprint density at radius 2 is 1.92 bits per heavy atom. The van der Waals surface area contributed by atoms with Crippen LogP contribution in [0.25, 0.3) is 0 Å². The molecule has 0 heterocycles. The molecule has 0 N–H and O–H groups in total. The smallest absolute Gasteiger partial charge is 0.135 e. The van der Waals surface area contributed by atoms with E-state index in [1.54, 1.807) is 13.4 Å². The summed E-state index contributed by atoms with van der Waals surface area (Å²) in [7, 11) is 0.617. The SMILES string of the molecule is COc1cc(C)cc(C)c1S(C)=O. The molecule has 1 aromatic rings. The van der Waals surface area contributed by atoms with E-state index in [1.807, 2.05) is 26.0 Å². The first-order chi connectivity index (χ1) is 6.06. The summed E-state index contributed by atoms with van der Waals surface area (Å²) in [6.45, 7) is 3.95.